The van der Waals surface area contributed by atoms with Crippen LogP contribution in [-0.2, 0) is 35.2 Å². The second-order valence-electron chi connectivity index (χ2n) is 10.9. The first-order valence-electron chi connectivity index (χ1n) is 13.3. The van der Waals surface area contributed by atoms with Crippen molar-refractivity contribution < 1.29 is 26.6 Å². The maximum Gasteiger partial charge on any atom is -0.0648 e. The molecule has 0 heterocycles. The summed E-state index contributed by atoms with van der Waals surface area (Å²) >= 11 is 0.611. The normalized spacial score (nSPS) is 10.8. The fourth-order valence-corrected chi connectivity index (χ4v) is 4.94. The van der Waals surface area contributed by atoms with E-state index >= 15 is 0 Å². The van der Waals surface area contributed by atoms with E-state index in [1.54, 1.807) is 0 Å². The molecule has 0 saturated heterocycles. The molecule has 0 aliphatic rings. The summed E-state index contributed by atoms with van der Waals surface area (Å²) in [5, 5.41) is 7.28. The molecule has 204 valence electrons. The minimum absolute atomic E-state index is 0.611. The van der Waals surface area contributed by atoms with E-state index in [0.29, 0.717) is 18.6 Å². The van der Waals surface area contributed by atoms with Gasteiger partial charge in [-0.15, -0.1) is 29.9 Å². The summed E-state index contributed by atoms with van der Waals surface area (Å²) in [7, 11) is 4.68. The van der Waals surface area contributed by atoms with E-state index < -0.39 is 0 Å². The maximum atomic E-state index is 8.28. The Bertz CT molecular complexity index is 1160. The minimum atomic E-state index is 0.611. The zero-order chi connectivity index (χ0) is 28.0. The van der Waals surface area contributed by atoms with Crippen LogP contribution >= 0.6 is 0 Å². The van der Waals surface area contributed by atoms with Crippen LogP contribution in [0.2, 0.25) is 0 Å². The summed E-state index contributed by atoms with van der Waals surface area (Å²) in [5.74, 6) is 0. The molecular weight excluding hydrogens is 643 g/mol. The van der Waals surface area contributed by atoms with Crippen molar-refractivity contribution >= 4 is 10.8 Å². The molecule has 0 spiro atoms. The molecule has 0 aliphatic heterocycles. The van der Waals surface area contributed by atoms with Gasteiger partial charge in [0.15, 0.2) is 0 Å². The van der Waals surface area contributed by atoms with Gasteiger partial charge in [0.25, 0.3) is 0 Å². The molecular formula is C34H43N2OOs-. The molecule has 38 heavy (non-hydrogen) atoms. The first-order chi connectivity index (χ1) is 18.2. The Morgan fingerprint density at radius 1 is 0.737 bits per heavy atom. The number of fused-ring (bicyclic) bond motifs is 1. The van der Waals surface area contributed by atoms with Crippen LogP contribution in [0.3, 0.4) is 0 Å². The molecule has 4 aromatic rings. The van der Waals surface area contributed by atoms with E-state index in [-0.39, 0.29) is 0 Å². The number of unbranched alkanes of at least 4 members (excludes halogenated alkanes) is 1. The van der Waals surface area contributed by atoms with Gasteiger partial charge in [-0.05, 0) is 34.1 Å². The third-order valence-corrected chi connectivity index (χ3v) is 6.39. The Morgan fingerprint density at radius 2 is 1.29 bits per heavy atom. The first kappa shape index (κ1) is 31.7. The van der Waals surface area contributed by atoms with Gasteiger partial charge in [-0.2, -0.15) is 24.3 Å². The molecule has 0 N–H and O–H groups in total. The molecule has 4 aromatic carbocycles. The topological polar surface area (TPSA) is 31.2 Å². The van der Waals surface area contributed by atoms with Crippen molar-refractivity contribution in [2.24, 2.45) is 0 Å². The van der Waals surface area contributed by atoms with Gasteiger partial charge in [-0.1, -0.05) is 88.8 Å². The summed E-state index contributed by atoms with van der Waals surface area (Å²) in [4.78, 5) is 0. The van der Waals surface area contributed by atoms with Crippen LogP contribution in [0.15, 0.2) is 78.9 Å². The average molecular weight is 686 g/mol. The van der Waals surface area contributed by atoms with Crippen molar-refractivity contribution in [3.05, 3.63) is 124 Å². The van der Waals surface area contributed by atoms with Crippen LogP contribution in [-0.4, -0.2) is 31.7 Å². The van der Waals surface area contributed by atoms with Gasteiger partial charge in [-0.3, -0.25) is 0 Å². The molecule has 0 aliphatic carbocycles. The van der Waals surface area contributed by atoms with E-state index in [1.807, 2.05) is 24.3 Å². The zero-order valence-electron chi connectivity index (χ0n) is 23.9. The smallest absolute Gasteiger partial charge is 0.0648 e. The van der Waals surface area contributed by atoms with Crippen LogP contribution in [0.5, 0.6) is 0 Å². The van der Waals surface area contributed by atoms with Gasteiger partial charge in [-0.25, -0.2) is 0 Å². The molecule has 4 heteroatoms. The number of hydrogen-bond donors (Lipinski definition) is 0. The summed E-state index contributed by atoms with van der Waals surface area (Å²) in [5.41, 5.74) is 8.19. The van der Waals surface area contributed by atoms with Crippen molar-refractivity contribution in [3.63, 3.8) is 0 Å². The molecule has 0 bridgehead atoms. The Hall–Kier alpha value is -2.50. The Labute approximate surface area is 241 Å². The zero-order valence-corrected chi connectivity index (χ0v) is 26.4. The molecule has 3 nitrogen and oxygen atoms in total. The number of nitrogens with zero attached hydrogens (tertiary/aromatic N) is 2. The fraction of sp³-hybridized carbons (Fsp3) is 0.353. The second kappa shape index (κ2) is 16.5. The van der Waals surface area contributed by atoms with Crippen molar-refractivity contribution in [2.45, 2.75) is 53.6 Å². The number of benzene rings is 4. The molecule has 4 rings (SSSR count). The van der Waals surface area contributed by atoms with Crippen LogP contribution in [0.4, 0.5) is 0 Å². The number of quaternary nitrogens is 1. The standard InChI is InChI=1S/C24H36N2.C10H7.O.Os/c1-19-11-20(2)14-23(13-19)17-25-9-7-8-10-26(5,6)18-24-15-21(3)12-22(4)16-24;1-2-6-10-8-4-3-7-9(10)5-1;;/h11-16H,7-10,17-18H2,1-6H3;1-3,5-8H;;/q;-1;;. The van der Waals surface area contributed by atoms with Crippen molar-refractivity contribution in [1.29, 1.82) is 0 Å². The average Bonchev–Trinajstić information content (AvgIpc) is 2.86. The molecule has 0 radical (unpaired) electrons. The summed E-state index contributed by atoms with van der Waals surface area (Å²) in [6.45, 7) is 12.8. The van der Waals surface area contributed by atoms with E-state index in [9.17, 15) is 0 Å². The molecule has 0 saturated carbocycles. The van der Waals surface area contributed by atoms with Crippen molar-refractivity contribution in [1.82, 2.24) is 0 Å². The predicted molar refractivity (Wildman–Crippen MR) is 157 cm³/mol. The van der Waals surface area contributed by atoms with Gasteiger partial charge in [0.1, 0.15) is 6.54 Å². The van der Waals surface area contributed by atoms with E-state index in [1.165, 1.54) is 63.5 Å². The predicted octanol–water partition coefficient (Wildman–Crippen LogP) is 8.37. The maximum absolute atomic E-state index is 8.28. The Balaban J connectivity index is 0.000000347. The van der Waals surface area contributed by atoms with E-state index in [0.717, 1.165) is 24.1 Å². The number of aryl methyl sites for hydroxylation is 4. The van der Waals surface area contributed by atoms with Gasteiger partial charge in [0, 0.05) is 5.56 Å². The second-order valence-corrected chi connectivity index (χ2v) is 10.9. The first-order valence-corrected chi connectivity index (χ1v) is 14.3. The van der Waals surface area contributed by atoms with E-state index in [2.05, 4.69) is 102 Å². The fourth-order valence-electron chi connectivity index (χ4n) is 4.94. The largest absolute Gasteiger partial charge is 0.183 e. The number of hydrogen-bond acceptors (Lipinski definition) is 1. The number of rotatable bonds is 9. The van der Waals surface area contributed by atoms with Gasteiger partial charge >= 0.3 is 22.1 Å². The molecule has 0 aromatic heterocycles. The summed E-state index contributed by atoms with van der Waals surface area (Å²) < 4.78 is 9.32. The Kier molecular flexibility index (Phi) is 13.7. The molecule has 0 amide bonds. The van der Waals surface area contributed by atoms with Crippen LogP contribution in [0.25, 0.3) is 16.1 Å². The van der Waals surface area contributed by atoms with Crippen LogP contribution < -0.4 is 0 Å². The summed E-state index contributed by atoms with van der Waals surface area (Å²) in [6, 6.07) is 30.9. The van der Waals surface area contributed by atoms with Gasteiger partial charge < -0.3 is 9.80 Å². The monoisotopic (exact) mass is 687 g/mol. The quantitative estimate of drug-likeness (QED) is 0.0990. The van der Waals surface area contributed by atoms with Crippen LogP contribution in [0.1, 0.15) is 46.2 Å². The van der Waals surface area contributed by atoms with E-state index in [4.69, 9.17) is 8.86 Å². The van der Waals surface area contributed by atoms with Gasteiger partial charge in [0.2, 0.25) is 0 Å². The molecule has 0 fully saturated rings. The third kappa shape index (κ3) is 11.9. The minimum Gasteiger partial charge on any atom is -0.183 e. The Morgan fingerprint density at radius 3 is 1.87 bits per heavy atom. The van der Waals surface area contributed by atoms with Crippen LogP contribution in [0, 0.1) is 33.8 Å². The van der Waals surface area contributed by atoms with Crippen molar-refractivity contribution in [3.8, 4) is 0 Å². The summed E-state index contributed by atoms with van der Waals surface area (Å²) in [6.07, 6.45) is 2.41. The third-order valence-electron chi connectivity index (χ3n) is 6.39. The van der Waals surface area contributed by atoms with Gasteiger partial charge in [0.05, 0.1) is 20.6 Å². The molecule has 0 atom stereocenters. The molecule has 0 unspecified atom stereocenters. The SMILES string of the molecule is Cc1cc(C)cc(C[N-]CCCC[N+](C)(C)Cc2cc(C)cc(C)c2)c1.[O]=[Os].[c-]1ccc2ccccc2c1. The van der Waals surface area contributed by atoms with Crippen molar-refractivity contribution in [2.75, 3.05) is 27.2 Å².